The third kappa shape index (κ3) is 2.45. The minimum Gasteiger partial charge on any atom is -0.294 e. The van der Waals surface area contributed by atoms with E-state index in [1.54, 1.807) is 17.7 Å². The molecule has 0 saturated carbocycles. The molecule has 0 saturated heterocycles. The van der Waals surface area contributed by atoms with Gasteiger partial charge in [-0.1, -0.05) is 6.07 Å². The first kappa shape index (κ1) is 12.4. The van der Waals surface area contributed by atoms with Crippen molar-refractivity contribution in [3.8, 4) is 0 Å². The fourth-order valence-electron chi connectivity index (χ4n) is 1.82. The number of hydrogen-bond donors (Lipinski definition) is 0. The van der Waals surface area contributed by atoms with E-state index < -0.39 is 5.82 Å². The molecule has 0 spiro atoms. The maximum absolute atomic E-state index is 13.1. The van der Waals surface area contributed by atoms with Gasteiger partial charge in [0, 0.05) is 12.1 Å². The van der Waals surface area contributed by atoms with E-state index in [9.17, 15) is 9.18 Å². The minimum atomic E-state index is -0.402. The molecule has 0 N–H and O–H groups in total. The zero-order valence-electron chi connectivity index (χ0n) is 10.4. The van der Waals surface area contributed by atoms with Gasteiger partial charge in [-0.05, 0) is 31.5 Å². The topological polar surface area (TPSA) is 47.8 Å². The summed E-state index contributed by atoms with van der Waals surface area (Å²) in [7, 11) is 0. The van der Waals surface area contributed by atoms with Crippen molar-refractivity contribution in [2.24, 2.45) is 0 Å². The standard InChI is InChI=1S/C13H14FN3O/c1-3-17-13(15-8-16-17)7-12(18)11-6-10(14)5-4-9(11)2/h4-6,8H,3,7H2,1-2H3. The Morgan fingerprint density at radius 3 is 2.94 bits per heavy atom. The van der Waals surface area contributed by atoms with Crippen molar-refractivity contribution in [2.45, 2.75) is 26.8 Å². The van der Waals surface area contributed by atoms with Gasteiger partial charge in [-0.15, -0.1) is 0 Å². The van der Waals surface area contributed by atoms with Crippen LogP contribution in [0.3, 0.4) is 0 Å². The molecule has 4 nitrogen and oxygen atoms in total. The molecule has 18 heavy (non-hydrogen) atoms. The van der Waals surface area contributed by atoms with Gasteiger partial charge in [-0.25, -0.2) is 14.1 Å². The lowest BCUT2D eigenvalue weighted by atomic mass is 10.0. The Bertz CT molecular complexity index is 577. The van der Waals surface area contributed by atoms with Crippen LogP contribution in [0.25, 0.3) is 0 Å². The van der Waals surface area contributed by atoms with Crippen LogP contribution >= 0.6 is 0 Å². The highest BCUT2D eigenvalue weighted by Gasteiger charge is 2.14. The Balaban J connectivity index is 2.25. The second-order valence-corrected chi connectivity index (χ2v) is 4.05. The molecule has 0 fully saturated rings. The van der Waals surface area contributed by atoms with Crippen molar-refractivity contribution in [2.75, 3.05) is 0 Å². The molecule has 1 aromatic carbocycles. The predicted molar refractivity (Wildman–Crippen MR) is 64.9 cm³/mol. The van der Waals surface area contributed by atoms with Crippen LogP contribution in [0, 0.1) is 12.7 Å². The van der Waals surface area contributed by atoms with Gasteiger partial charge in [-0.2, -0.15) is 5.10 Å². The number of carbonyl (C=O) groups is 1. The summed E-state index contributed by atoms with van der Waals surface area (Å²) >= 11 is 0. The molecule has 94 valence electrons. The summed E-state index contributed by atoms with van der Waals surface area (Å²) in [6.07, 6.45) is 1.56. The number of benzene rings is 1. The van der Waals surface area contributed by atoms with Gasteiger partial charge >= 0.3 is 0 Å². The normalized spacial score (nSPS) is 10.6. The Morgan fingerprint density at radius 2 is 2.22 bits per heavy atom. The number of rotatable bonds is 4. The zero-order chi connectivity index (χ0) is 13.1. The van der Waals surface area contributed by atoms with Gasteiger partial charge in [0.2, 0.25) is 0 Å². The summed E-state index contributed by atoms with van der Waals surface area (Å²) < 4.78 is 14.8. The van der Waals surface area contributed by atoms with Gasteiger partial charge in [0.15, 0.2) is 5.78 Å². The second kappa shape index (κ2) is 5.08. The Morgan fingerprint density at radius 1 is 1.44 bits per heavy atom. The summed E-state index contributed by atoms with van der Waals surface area (Å²) in [4.78, 5) is 16.1. The van der Waals surface area contributed by atoms with E-state index in [2.05, 4.69) is 10.1 Å². The molecule has 0 aliphatic heterocycles. The molecular weight excluding hydrogens is 233 g/mol. The summed E-state index contributed by atoms with van der Waals surface area (Å²) in [5, 5.41) is 4.00. The third-order valence-electron chi connectivity index (χ3n) is 2.81. The minimum absolute atomic E-state index is 0.137. The van der Waals surface area contributed by atoms with Crippen LogP contribution in [0.15, 0.2) is 24.5 Å². The maximum atomic E-state index is 13.1. The molecule has 0 atom stereocenters. The van der Waals surface area contributed by atoms with E-state index >= 15 is 0 Å². The van der Waals surface area contributed by atoms with Crippen molar-refractivity contribution >= 4 is 5.78 Å². The van der Waals surface area contributed by atoms with Gasteiger partial charge in [0.1, 0.15) is 18.0 Å². The number of ketones is 1. The zero-order valence-corrected chi connectivity index (χ0v) is 10.4. The van der Waals surface area contributed by atoms with Crippen molar-refractivity contribution in [1.29, 1.82) is 0 Å². The van der Waals surface area contributed by atoms with Gasteiger partial charge < -0.3 is 0 Å². The second-order valence-electron chi connectivity index (χ2n) is 4.05. The Hall–Kier alpha value is -2.04. The lowest BCUT2D eigenvalue weighted by molar-refractivity contribution is 0.0988. The molecule has 2 rings (SSSR count). The molecule has 0 unspecified atom stereocenters. The number of halogens is 1. The first-order valence-corrected chi connectivity index (χ1v) is 5.78. The summed E-state index contributed by atoms with van der Waals surface area (Å²) in [5.41, 5.74) is 1.17. The molecule has 0 aliphatic rings. The van der Waals surface area contributed by atoms with E-state index in [0.717, 1.165) is 5.56 Å². The Labute approximate surface area is 104 Å². The first-order chi connectivity index (χ1) is 8.61. The van der Waals surface area contributed by atoms with Crippen molar-refractivity contribution in [1.82, 2.24) is 14.8 Å². The summed E-state index contributed by atoms with van der Waals surface area (Å²) in [5.74, 6) is 0.0572. The smallest absolute Gasteiger partial charge is 0.170 e. The van der Waals surface area contributed by atoms with E-state index in [1.165, 1.54) is 18.5 Å². The van der Waals surface area contributed by atoms with Gasteiger partial charge in [-0.3, -0.25) is 4.79 Å². The van der Waals surface area contributed by atoms with Crippen LogP contribution in [0.2, 0.25) is 0 Å². The van der Waals surface area contributed by atoms with E-state index in [0.29, 0.717) is 17.9 Å². The van der Waals surface area contributed by atoms with E-state index in [-0.39, 0.29) is 12.2 Å². The maximum Gasteiger partial charge on any atom is 0.170 e. The van der Waals surface area contributed by atoms with Crippen LogP contribution in [0.4, 0.5) is 4.39 Å². The molecular formula is C13H14FN3O. The average molecular weight is 247 g/mol. The average Bonchev–Trinajstić information content (AvgIpc) is 2.79. The fourth-order valence-corrected chi connectivity index (χ4v) is 1.82. The Kier molecular flexibility index (Phi) is 3.50. The monoisotopic (exact) mass is 247 g/mol. The fraction of sp³-hybridized carbons (Fsp3) is 0.308. The third-order valence-corrected chi connectivity index (χ3v) is 2.81. The molecule has 1 aromatic heterocycles. The number of nitrogens with zero attached hydrogens (tertiary/aromatic N) is 3. The van der Waals surface area contributed by atoms with Crippen LogP contribution in [0.1, 0.15) is 28.7 Å². The summed E-state index contributed by atoms with van der Waals surface area (Å²) in [6, 6.07) is 4.22. The highest BCUT2D eigenvalue weighted by molar-refractivity contribution is 5.98. The van der Waals surface area contributed by atoms with E-state index in [1.807, 2.05) is 6.92 Å². The molecule has 0 amide bonds. The van der Waals surface area contributed by atoms with Gasteiger partial charge in [0.25, 0.3) is 0 Å². The number of carbonyl (C=O) groups excluding carboxylic acids is 1. The van der Waals surface area contributed by atoms with Crippen molar-refractivity contribution < 1.29 is 9.18 Å². The summed E-state index contributed by atoms with van der Waals surface area (Å²) in [6.45, 7) is 4.37. The highest BCUT2D eigenvalue weighted by Crippen LogP contribution is 2.13. The largest absolute Gasteiger partial charge is 0.294 e. The molecule has 2 aromatic rings. The van der Waals surface area contributed by atoms with Crippen LogP contribution in [-0.2, 0) is 13.0 Å². The lowest BCUT2D eigenvalue weighted by Crippen LogP contribution is -2.12. The SMILES string of the molecule is CCn1ncnc1CC(=O)c1cc(F)ccc1C. The number of hydrogen-bond acceptors (Lipinski definition) is 3. The molecule has 5 heteroatoms. The van der Waals surface area contributed by atoms with E-state index in [4.69, 9.17) is 0 Å². The first-order valence-electron chi connectivity index (χ1n) is 5.78. The predicted octanol–water partition coefficient (Wildman–Crippen LogP) is 2.17. The van der Waals surface area contributed by atoms with Crippen molar-refractivity contribution in [3.05, 3.63) is 47.3 Å². The van der Waals surface area contributed by atoms with Crippen LogP contribution in [0.5, 0.6) is 0 Å². The molecule has 0 aliphatic carbocycles. The lowest BCUT2D eigenvalue weighted by Gasteiger charge is -2.05. The number of aromatic nitrogens is 3. The number of aryl methyl sites for hydroxylation is 2. The van der Waals surface area contributed by atoms with Crippen LogP contribution < -0.4 is 0 Å². The molecule has 1 heterocycles. The highest BCUT2D eigenvalue weighted by atomic mass is 19.1. The molecule has 0 bridgehead atoms. The van der Waals surface area contributed by atoms with Gasteiger partial charge in [0.05, 0.1) is 6.42 Å². The van der Waals surface area contributed by atoms with Crippen molar-refractivity contribution in [3.63, 3.8) is 0 Å². The van der Waals surface area contributed by atoms with Crippen LogP contribution in [-0.4, -0.2) is 20.5 Å². The quantitative estimate of drug-likeness (QED) is 0.778. The number of Topliss-reactive ketones (excluding diaryl/α,β-unsaturated/α-hetero) is 1. The molecule has 0 radical (unpaired) electrons.